The molecule has 1 N–H and O–H groups in total. The highest BCUT2D eigenvalue weighted by Crippen LogP contribution is 2.32. The van der Waals surface area contributed by atoms with Crippen molar-refractivity contribution in [2.24, 2.45) is 0 Å². The molecule has 0 bridgehead atoms. The first-order valence-corrected chi connectivity index (χ1v) is 13.1. The Morgan fingerprint density at radius 3 is 2.32 bits per heavy atom. The molecule has 0 fully saturated rings. The largest absolute Gasteiger partial charge is 0.486 e. The molecule has 1 heterocycles. The number of benzene rings is 3. The second-order valence-electron chi connectivity index (χ2n) is 8.80. The van der Waals surface area contributed by atoms with Crippen LogP contribution in [0, 0.1) is 0 Å². The van der Waals surface area contributed by atoms with Crippen molar-refractivity contribution in [1.29, 1.82) is 0 Å². The van der Waals surface area contributed by atoms with Crippen molar-refractivity contribution in [2.45, 2.75) is 38.8 Å². The molecule has 3 aromatic rings. The quantitative estimate of drug-likeness (QED) is 0.370. The number of hydrogen-bond acceptors (Lipinski definition) is 4. The summed E-state index contributed by atoms with van der Waals surface area (Å²) in [5, 5.41) is 3.80. The number of nitrogens with one attached hydrogen (secondary N) is 1. The van der Waals surface area contributed by atoms with E-state index in [9.17, 15) is 9.59 Å². The van der Waals surface area contributed by atoms with Gasteiger partial charge in [-0.25, -0.2) is 0 Å². The fourth-order valence-corrected chi connectivity index (χ4v) is 4.85. The normalized spacial score (nSPS) is 13.1. The van der Waals surface area contributed by atoms with Crippen LogP contribution in [0.3, 0.4) is 0 Å². The van der Waals surface area contributed by atoms with E-state index in [1.165, 1.54) is 0 Å². The smallest absolute Gasteiger partial charge is 0.243 e. The number of halogens is 2. The molecule has 2 amide bonds. The summed E-state index contributed by atoms with van der Waals surface area (Å²) in [6.07, 6.45) is 1.05. The summed E-state index contributed by atoms with van der Waals surface area (Å²) >= 11 is 13.0. The molecule has 8 heteroatoms. The third kappa shape index (κ3) is 6.96. The summed E-state index contributed by atoms with van der Waals surface area (Å²) in [7, 11) is 0. The Kier molecular flexibility index (Phi) is 9.31. The predicted molar refractivity (Wildman–Crippen MR) is 145 cm³/mol. The Morgan fingerprint density at radius 2 is 1.62 bits per heavy atom. The van der Waals surface area contributed by atoms with Gasteiger partial charge >= 0.3 is 0 Å². The van der Waals surface area contributed by atoms with Gasteiger partial charge in [0.15, 0.2) is 11.5 Å². The summed E-state index contributed by atoms with van der Waals surface area (Å²) in [6.45, 7) is 3.45. The molecule has 1 aliphatic rings. The number of fused-ring (bicyclic) bond motifs is 1. The summed E-state index contributed by atoms with van der Waals surface area (Å²) in [4.78, 5) is 28.7. The molecule has 6 nitrogen and oxygen atoms in total. The number of aryl methyl sites for hydroxylation is 1. The Bertz CT molecular complexity index is 1220. The number of hydrogen-bond donors (Lipinski definition) is 1. The van der Waals surface area contributed by atoms with E-state index in [-0.39, 0.29) is 24.8 Å². The molecule has 0 saturated carbocycles. The Hall–Kier alpha value is -3.22. The molecule has 0 aliphatic carbocycles. The minimum absolute atomic E-state index is 0.118. The van der Waals surface area contributed by atoms with Crippen LogP contribution in [0.2, 0.25) is 10.0 Å². The highest BCUT2D eigenvalue weighted by molar-refractivity contribution is 6.36. The maximum absolute atomic E-state index is 13.8. The molecule has 37 heavy (non-hydrogen) atoms. The number of carbonyl (C=O) groups is 2. The fraction of sp³-hybridized carbons (Fsp3) is 0.310. The maximum Gasteiger partial charge on any atom is 0.243 e. The van der Waals surface area contributed by atoms with Gasteiger partial charge in [-0.15, -0.1) is 0 Å². The van der Waals surface area contributed by atoms with Crippen molar-refractivity contribution >= 4 is 35.0 Å². The van der Waals surface area contributed by atoms with Crippen LogP contribution in [0.25, 0.3) is 0 Å². The van der Waals surface area contributed by atoms with E-state index in [0.29, 0.717) is 59.7 Å². The SMILES string of the molecule is CCNC(=O)[C@@H](Cc1ccccc1)N(Cc1c(Cl)cccc1Cl)C(=O)CCc1ccc2c(c1)OCCO2. The van der Waals surface area contributed by atoms with E-state index in [4.69, 9.17) is 32.7 Å². The molecule has 3 aromatic carbocycles. The van der Waals surface area contributed by atoms with E-state index in [0.717, 1.165) is 11.1 Å². The van der Waals surface area contributed by atoms with Crippen molar-refractivity contribution < 1.29 is 19.1 Å². The summed E-state index contributed by atoms with van der Waals surface area (Å²) < 4.78 is 11.3. The van der Waals surface area contributed by atoms with Gasteiger partial charge < -0.3 is 19.7 Å². The van der Waals surface area contributed by atoms with Gasteiger partial charge in [-0.3, -0.25) is 9.59 Å². The van der Waals surface area contributed by atoms with E-state index in [1.54, 1.807) is 23.1 Å². The number of nitrogens with zero attached hydrogens (tertiary/aromatic N) is 1. The summed E-state index contributed by atoms with van der Waals surface area (Å²) in [5.41, 5.74) is 2.51. The minimum atomic E-state index is -0.734. The lowest BCUT2D eigenvalue weighted by Gasteiger charge is -2.32. The first-order valence-electron chi connectivity index (χ1n) is 12.4. The number of amides is 2. The third-order valence-corrected chi connectivity index (χ3v) is 6.95. The minimum Gasteiger partial charge on any atom is -0.486 e. The Morgan fingerprint density at radius 1 is 0.919 bits per heavy atom. The lowest BCUT2D eigenvalue weighted by atomic mass is 10.0. The molecule has 194 valence electrons. The number of ether oxygens (including phenoxy) is 2. The van der Waals surface area contributed by atoms with Crippen molar-refractivity contribution in [1.82, 2.24) is 10.2 Å². The van der Waals surface area contributed by atoms with Crippen LogP contribution in [0.5, 0.6) is 11.5 Å². The van der Waals surface area contributed by atoms with E-state index in [2.05, 4.69) is 5.32 Å². The second-order valence-corrected chi connectivity index (χ2v) is 9.61. The lowest BCUT2D eigenvalue weighted by molar-refractivity contribution is -0.141. The second kappa shape index (κ2) is 12.8. The maximum atomic E-state index is 13.8. The zero-order valence-electron chi connectivity index (χ0n) is 20.7. The molecular weight excluding hydrogens is 511 g/mol. The lowest BCUT2D eigenvalue weighted by Crippen LogP contribution is -2.50. The van der Waals surface area contributed by atoms with Crippen molar-refractivity contribution in [2.75, 3.05) is 19.8 Å². The van der Waals surface area contributed by atoms with Crippen molar-refractivity contribution in [3.05, 3.63) is 93.5 Å². The van der Waals surface area contributed by atoms with Crippen LogP contribution in [0.15, 0.2) is 66.7 Å². The molecule has 1 aliphatic heterocycles. The van der Waals surface area contributed by atoms with E-state index in [1.807, 2.05) is 55.5 Å². The van der Waals surface area contributed by atoms with Gasteiger partial charge in [0.05, 0.1) is 0 Å². The predicted octanol–water partition coefficient (Wildman–Crippen LogP) is 5.47. The zero-order valence-corrected chi connectivity index (χ0v) is 22.2. The van der Waals surface area contributed by atoms with Crippen LogP contribution in [0.1, 0.15) is 30.0 Å². The Labute approximate surface area is 227 Å². The average molecular weight is 541 g/mol. The molecular formula is C29H30Cl2N2O4. The summed E-state index contributed by atoms with van der Waals surface area (Å²) in [6, 6.07) is 19.9. The van der Waals surface area contributed by atoms with Gasteiger partial charge in [0.25, 0.3) is 0 Å². The van der Waals surface area contributed by atoms with Gasteiger partial charge in [0.1, 0.15) is 19.3 Å². The van der Waals surface area contributed by atoms with Crippen LogP contribution in [-0.2, 0) is 29.0 Å². The molecule has 0 aromatic heterocycles. The molecule has 0 unspecified atom stereocenters. The highest BCUT2D eigenvalue weighted by atomic mass is 35.5. The highest BCUT2D eigenvalue weighted by Gasteiger charge is 2.31. The molecule has 1 atom stereocenters. The molecule has 0 saturated heterocycles. The fourth-order valence-electron chi connectivity index (χ4n) is 4.34. The topological polar surface area (TPSA) is 67.9 Å². The van der Waals surface area contributed by atoms with Gasteiger partial charge in [0.2, 0.25) is 11.8 Å². The van der Waals surface area contributed by atoms with Gasteiger partial charge in [0, 0.05) is 41.5 Å². The van der Waals surface area contributed by atoms with Crippen molar-refractivity contribution in [3.63, 3.8) is 0 Å². The molecule has 4 rings (SSSR count). The van der Waals surface area contributed by atoms with Crippen LogP contribution in [0.4, 0.5) is 0 Å². The van der Waals surface area contributed by atoms with E-state index < -0.39 is 6.04 Å². The van der Waals surface area contributed by atoms with Crippen molar-refractivity contribution in [3.8, 4) is 11.5 Å². The van der Waals surface area contributed by atoms with Crippen LogP contribution in [-0.4, -0.2) is 42.5 Å². The first kappa shape index (κ1) is 26.8. The molecule has 0 radical (unpaired) electrons. The monoisotopic (exact) mass is 540 g/mol. The van der Waals surface area contributed by atoms with Crippen LogP contribution >= 0.6 is 23.2 Å². The zero-order chi connectivity index (χ0) is 26.2. The van der Waals surface area contributed by atoms with Crippen LogP contribution < -0.4 is 14.8 Å². The van der Waals surface area contributed by atoms with Gasteiger partial charge in [-0.05, 0) is 48.7 Å². The number of likely N-dealkylation sites (N-methyl/N-ethyl adjacent to an activating group) is 1. The van der Waals surface area contributed by atoms with Gasteiger partial charge in [-0.2, -0.15) is 0 Å². The standard InChI is InChI=1S/C29H30Cl2N2O4/c1-2-32-29(35)25(17-20-7-4-3-5-8-20)33(19-22-23(30)9-6-10-24(22)31)28(34)14-12-21-11-13-26-27(18-21)37-16-15-36-26/h3-11,13,18,25H,2,12,14-17,19H2,1H3,(H,32,35)/t25-/m1/s1. The number of carbonyl (C=O) groups excluding carboxylic acids is 2. The first-order chi connectivity index (χ1) is 18.0. The Balaban J connectivity index is 1.61. The summed E-state index contributed by atoms with van der Waals surface area (Å²) in [5.74, 6) is 0.996. The van der Waals surface area contributed by atoms with Gasteiger partial charge in [-0.1, -0.05) is 65.7 Å². The average Bonchev–Trinajstić information content (AvgIpc) is 2.91. The van der Waals surface area contributed by atoms with E-state index >= 15 is 0 Å². The third-order valence-electron chi connectivity index (χ3n) is 6.25. The number of rotatable bonds is 10. The molecule has 0 spiro atoms.